The van der Waals surface area contributed by atoms with E-state index in [0.29, 0.717) is 16.9 Å². The Kier molecular flexibility index (Phi) is 4.97. The highest BCUT2D eigenvalue weighted by atomic mass is 16.1. The van der Waals surface area contributed by atoms with Gasteiger partial charge < -0.3 is 10.2 Å². The van der Waals surface area contributed by atoms with E-state index in [4.69, 9.17) is 0 Å². The van der Waals surface area contributed by atoms with Crippen molar-refractivity contribution in [3.8, 4) is 6.07 Å². The molecular formula is C20H19N7O. The molecule has 4 rings (SSSR count). The summed E-state index contributed by atoms with van der Waals surface area (Å²) < 4.78 is 1.87. The maximum atomic E-state index is 12.4. The molecule has 1 saturated heterocycles. The van der Waals surface area contributed by atoms with Gasteiger partial charge in [-0.15, -0.1) is 0 Å². The Morgan fingerprint density at radius 3 is 2.71 bits per heavy atom. The number of carbonyl (C=O) groups excluding carboxylic acids is 1. The van der Waals surface area contributed by atoms with Crippen LogP contribution in [-0.2, 0) is 0 Å². The molecule has 0 spiro atoms. The number of piperidine rings is 1. The molecule has 0 aromatic carbocycles. The minimum Gasteiger partial charge on any atom is -0.355 e. The zero-order valence-electron chi connectivity index (χ0n) is 15.2. The number of nitrogens with one attached hydrogen (secondary N) is 1. The molecule has 0 aliphatic carbocycles. The molecule has 4 heterocycles. The van der Waals surface area contributed by atoms with Crippen molar-refractivity contribution >= 4 is 17.5 Å². The Hall–Kier alpha value is -3.73. The Labute approximate surface area is 162 Å². The van der Waals surface area contributed by atoms with Gasteiger partial charge in [-0.05, 0) is 37.1 Å². The Morgan fingerprint density at radius 1 is 1.14 bits per heavy atom. The van der Waals surface area contributed by atoms with Crippen molar-refractivity contribution < 1.29 is 4.79 Å². The van der Waals surface area contributed by atoms with Gasteiger partial charge in [0, 0.05) is 37.7 Å². The van der Waals surface area contributed by atoms with E-state index >= 15 is 0 Å². The van der Waals surface area contributed by atoms with Crippen LogP contribution in [0.3, 0.4) is 0 Å². The number of carbonyl (C=O) groups is 1. The molecule has 0 bridgehead atoms. The number of hydrogen-bond acceptors (Lipinski definition) is 6. The van der Waals surface area contributed by atoms with Gasteiger partial charge in [0.1, 0.15) is 17.7 Å². The predicted molar refractivity (Wildman–Crippen MR) is 104 cm³/mol. The molecule has 8 heteroatoms. The number of rotatable bonds is 4. The topological polar surface area (TPSA) is 99.7 Å². The first-order valence-corrected chi connectivity index (χ1v) is 9.11. The summed E-state index contributed by atoms with van der Waals surface area (Å²) in [7, 11) is 0. The minimum atomic E-state index is -0.209. The molecule has 0 unspecified atom stereocenters. The van der Waals surface area contributed by atoms with E-state index in [0.717, 1.165) is 31.7 Å². The Morgan fingerprint density at radius 2 is 1.96 bits per heavy atom. The van der Waals surface area contributed by atoms with Crippen molar-refractivity contribution in [3.63, 3.8) is 0 Å². The van der Waals surface area contributed by atoms with Gasteiger partial charge >= 0.3 is 0 Å². The van der Waals surface area contributed by atoms with E-state index in [1.54, 1.807) is 48.9 Å². The van der Waals surface area contributed by atoms with Crippen LogP contribution in [0.25, 0.3) is 0 Å². The smallest absolute Gasteiger partial charge is 0.258 e. The SMILES string of the molecule is N#Cc1cccnc1N1CCC(n2nccc2NC(=O)c2cccnc2)CC1. The van der Waals surface area contributed by atoms with E-state index in [1.807, 2.05) is 4.68 Å². The van der Waals surface area contributed by atoms with E-state index in [9.17, 15) is 10.1 Å². The molecule has 8 nitrogen and oxygen atoms in total. The molecular weight excluding hydrogens is 354 g/mol. The van der Waals surface area contributed by atoms with Gasteiger partial charge in [-0.2, -0.15) is 10.4 Å². The number of pyridine rings is 2. The molecule has 3 aromatic rings. The van der Waals surface area contributed by atoms with Crippen LogP contribution in [0.4, 0.5) is 11.6 Å². The van der Waals surface area contributed by atoms with Crippen LogP contribution in [0.1, 0.15) is 34.8 Å². The van der Waals surface area contributed by atoms with Crippen LogP contribution >= 0.6 is 0 Å². The van der Waals surface area contributed by atoms with Crippen molar-refractivity contribution in [2.75, 3.05) is 23.3 Å². The van der Waals surface area contributed by atoms with Crippen molar-refractivity contribution in [2.45, 2.75) is 18.9 Å². The lowest BCUT2D eigenvalue weighted by atomic mass is 10.0. The van der Waals surface area contributed by atoms with Gasteiger partial charge in [0.15, 0.2) is 0 Å². The van der Waals surface area contributed by atoms with Crippen molar-refractivity contribution in [1.82, 2.24) is 19.7 Å². The molecule has 1 aliphatic rings. The molecule has 0 radical (unpaired) electrons. The van der Waals surface area contributed by atoms with Crippen LogP contribution in [-0.4, -0.2) is 38.7 Å². The molecule has 1 aliphatic heterocycles. The average molecular weight is 373 g/mol. The highest BCUT2D eigenvalue weighted by Crippen LogP contribution is 2.28. The largest absolute Gasteiger partial charge is 0.355 e. The summed E-state index contributed by atoms with van der Waals surface area (Å²) in [5, 5.41) is 16.6. The van der Waals surface area contributed by atoms with Crippen LogP contribution in [0.5, 0.6) is 0 Å². The number of aromatic nitrogens is 4. The summed E-state index contributed by atoms with van der Waals surface area (Å²) in [6, 6.07) is 11.2. The van der Waals surface area contributed by atoms with E-state index in [2.05, 4.69) is 31.4 Å². The number of anilines is 2. The fraction of sp³-hybridized carbons (Fsp3) is 0.250. The van der Waals surface area contributed by atoms with E-state index in [1.165, 1.54) is 6.20 Å². The van der Waals surface area contributed by atoms with Crippen molar-refractivity contribution in [2.24, 2.45) is 0 Å². The van der Waals surface area contributed by atoms with Gasteiger partial charge in [0.05, 0.1) is 23.4 Å². The van der Waals surface area contributed by atoms with Crippen molar-refractivity contribution in [1.29, 1.82) is 5.26 Å². The van der Waals surface area contributed by atoms with Crippen LogP contribution in [0, 0.1) is 11.3 Å². The quantitative estimate of drug-likeness (QED) is 0.755. The van der Waals surface area contributed by atoms with Crippen LogP contribution < -0.4 is 10.2 Å². The summed E-state index contributed by atoms with van der Waals surface area (Å²) in [5.74, 6) is 1.19. The number of nitriles is 1. The van der Waals surface area contributed by atoms with E-state index in [-0.39, 0.29) is 11.9 Å². The standard InChI is InChI=1S/C20H19N7O/c21-13-15-3-2-9-23-19(15)26-11-6-17(7-12-26)27-18(5-10-24-27)25-20(28)16-4-1-8-22-14-16/h1-5,8-10,14,17H,6-7,11-12H2,(H,25,28). The summed E-state index contributed by atoms with van der Waals surface area (Å²) in [5.41, 5.74) is 1.09. The van der Waals surface area contributed by atoms with Gasteiger partial charge in [-0.3, -0.25) is 9.78 Å². The average Bonchev–Trinajstić information content (AvgIpc) is 3.22. The number of amides is 1. The highest BCUT2D eigenvalue weighted by Gasteiger charge is 2.25. The van der Waals surface area contributed by atoms with Gasteiger partial charge in [0.25, 0.3) is 5.91 Å². The van der Waals surface area contributed by atoms with Gasteiger partial charge in [-0.25, -0.2) is 9.67 Å². The van der Waals surface area contributed by atoms with E-state index < -0.39 is 0 Å². The minimum absolute atomic E-state index is 0.171. The summed E-state index contributed by atoms with van der Waals surface area (Å²) in [6.45, 7) is 1.54. The molecule has 0 atom stereocenters. The fourth-order valence-corrected chi connectivity index (χ4v) is 3.45. The third-order valence-electron chi connectivity index (χ3n) is 4.85. The second kappa shape index (κ2) is 7.88. The lowest BCUT2D eigenvalue weighted by Crippen LogP contribution is -2.36. The first-order chi connectivity index (χ1) is 13.8. The number of hydrogen-bond donors (Lipinski definition) is 1. The molecule has 1 amide bonds. The summed E-state index contributed by atoms with van der Waals surface area (Å²) >= 11 is 0. The first kappa shape index (κ1) is 17.7. The molecule has 140 valence electrons. The third kappa shape index (κ3) is 3.55. The lowest BCUT2D eigenvalue weighted by Gasteiger charge is -2.33. The molecule has 28 heavy (non-hydrogen) atoms. The molecule has 0 saturated carbocycles. The Bertz CT molecular complexity index is 1000. The third-order valence-corrected chi connectivity index (χ3v) is 4.85. The van der Waals surface area contributed by atoms with Crippen molar-refractivity contribution in [3.05, 3.63) is 66.2 Å². The molecule has 1 fully saturated rings. The predicted octanol–water partition coefficient (Wildman–Crippen LogP) is 2.64. The first-order valence-electron chi connectivity index (χ1n) is 9.11. The lowest BCUT2D eigenvalue weighted by molar-refractivity contribution is 0.102. The fourth-order valence-electron chi connectivity index (χ4n) is 3.45. The zero-order valence-corrected chi connectivity index (χ0v) is 15.2. The van der Waals surface area contributed by atoms with Crippen LogP contribution in [0.2, 0.25) is 0 Å². The normalized spacial score (nSPS) is 14.5. The highest BCUT2D eigenvalue weighted by molar-refractivity contribution is 6.03. The monoisotopic (exact) mass is 373 g/mol. The maximum Gasteiger partial charge on any atom is 0.258 e. The number of nitrogens with zero attached hydrogens (tertiary/aromatic N) is 6. The summed E-state index contributed by atoms with van der Waals surface area (Å²) in [6.07, 6.45) is 8.26. The maximum absolute atomic E-state index is 12.4. The molecule has 1 N–H and O–H groups in total. The van der Waals surface area contributed by atoms with Gasteiger partial charge in [-0.1, -0.05) is 0 Å². The van der Waals surface area contributed by atoms with Crippen LogP contribution in [0.15, 0.2) is 55.1 Å². The second-order valence-electron chi connectivity index (χ2n) is 6.56. The molecule has 3 aromatic heterocycles. The zero-order chi connectivity index (χ0) is 19.3. The summed E-state index contributed by atoms with van der Waals surface area (Å²) in [4.78, 5) is 22.9. The second-order valence-corrected chi connectivity index (χ2v) is 6.56. The van der Waals surface area contributed by atoms with Gasteiger partial charge in [0.2, 0.25) is 0 Å². The Balaban J connectivity index is 1.44.